The van der Waals surface area contributed by atoms with Gasteiger partial charge in [-0.25, -0.2) is 4.39 Å². The van der Waals surface area contributed by atoms with E-state index in [0.29, 0.717) is 11.1 Å². The van der Waals surface area contributed by atoms with Crippen LogP contribution in [0.15, 0.2) is 36.5 Å². The average molecular weight is 201 g/mol. The van der Waals surface area contributed by atoms with E-state index in [1.165, 1.54) is 0 Å². The molecule has 2 heteroatoms. The van der Waals surface area contributed by atoms with Crippen LogP contribution in [0.2, 0.25) is 0 Å². The number of rotatable bonds is 1. The van der Waals surface area contributed by atoms with E-state index in [4.69, 9.17) is 0 Å². The minimum absolute atomic E-state index is 0.130. The molecule has 0 amide bonds. The summed E-state index contributed by atoms with van der Waals surface area (Å²) in [7, 11) is 0. The van der Waals surface area contributed by atoms with E-state index in [1.54, 1.807) is 20.0 Å². The highest BCUT2D eigenvalue weighted by molar-refractivity contribution is 5.61. The van der Waals surface area contributed by atoms with Crippen LogP contribution in [-0.2, 0) is 0 Å². The predicted molar refractivity (Wildman–Crippen MR) is 59.1 cm³/mol. The van der Waals surface area contributed by atoms with E-state index in [2.05, 4.69) is 4.98 Å². The summed E-state index contributed by atoms with van der Waals surface area (Å²) in [5, 5.41) is 0. The van der Waals surface area contributed by atoms with Crippen molar-refractivity contribution in [2.45, 2.75) is 13.8 Å². The van der Waals surface area contributed by atoms with Crippen LogP contribution in [0.25, 0.3) is 11.3 Å². The van der Waals surface area contributed by atoms with E-state index >= 15 is 0 Å². The van der Waals surface area contributed by atoms with Gasteiger partial charge in [-0.1, -0.05) is 6.07 Å². The fourth-order valence-electron chi connectivity index (χ4n) is 1.63. The van der Waals surface area contributed by atoms with Crippen LogP contribution in [-0.4, -0.2) is 4.98 Å². The van der Waals surface area contributed by atoms with E-state index in [0.717, 1.165) is 11.3 Å². The third kappa shape index (κ3) is 1.89. The Kier molecular flexibility index (Phi) is 2.50. The smallest absolute Gasteiger partial charge is 0.129 e. The average Bonchev–Trinajstić information content (AvgIpc) is 2.26. The molecule has 0 aliphatic carbocycles. The third-order valence-corrected chi connectivity index (χ3v) is 2.40. The van der Waals surface area contributed by atoms with Crippen molar-refractivity contribution in [2.75, 3.05) is 0 Å². The summed E-state index contributed by atoms with van der Waals surface area (Å²) in [6.45, 7) is 3.55. The number of hydrogen-bond donors (Lipinski definition) is 0. The Bertz CT molecular complexity index is 454. The fourth-order valence-corrected chi connectivity index (χ4v) is 1.63. The standard InChI is InChI=1S/C13H12FN/c1-9-7-11(8-10(2)13(9)14)12-5-3-4-6-15-12/h3-8H,1-2H3. The number of hydrogen-bond acceptors (Lipinski definition) is 1. The molecule has 1 aromatic carbocycles. The largest absolute Gasteiger partial charge is 0.256 e. The maximum Gasteiger partial charge on any atom is 0.129 e. The lowest BCUT2D eigenvalue weighted by atomic mass is 10.0. The molecule has 2 aromatic rings. The van der Waals surface area contributed by atoms with Crippen molar-refractivity contribution in [2.24, 2.45) is 0 Å². The molecule has 1 aromatic heterocycles. The van der Waals surface area contributed by atoms with E-state index in [-0.39, 0.29) is 5.82 Å². The second-order valence-electron chi connectivity index (χ2n) is 3.64. The lowest BCUT2D eigenvalue weighted by molar-refractivity contribution is 0.609. The molecule has 2 rings (SSSR count). The molecule has 15 heavy (non-hydrogen) atoms. The molecule has 0 radical (unpaired) electrons. The van der Waals surface area contributed by atoms with E-state index in [1.807, 2.05) is 30.3 Å². The first kappa shape index (κ1) is 9.84. The van der Waals surface area contributed by atoms with Gasteiger partial charge in [0, 0.05) is 11.8 Å². The Morgan fingerprint density at radius 2 is 1.73 bits per heavy atom. The highest BCUT2D eigenvalue weighted by Gasteiger charge is 2.05. The van der Waals surface area contributed by atoms with Crippen LogP contribution in [0, 0.1) is 19.7 Å². The van der Waals surface area contributed by atoms with Crippen LogP contribution < -0.4 is 0 Å². The number of pyridine rings is 1. The minimum Gasteiger partial charge on any atom is -0.256 e. The summed E-state index contributed by atoms with van der Waals surface area (Å²) in [5.74, 6) is -0.130. The van der Waals surface area contributed by atoms with Crippen molar-refractivity contribution >= 4 is 0 Å². The predicted octanol–water partition coefficient (Wildman–Crippen LogP) is 3.50. The normalized spacial score (nSPS) is 10.3. The zero-order chi connectivity index (χ0) is 10.8. The molecule has 0 saturated carbocycles. The second kappa shape index (κ2) is 3.81. The monoisotopic (exact) mass is 201 g/mol. The second-order valence-corrected chi connectivity index (χ2v) is 3.64. The summed E-state index contributed by atoms with van der Waals surface area (Å²) in [4.78, 5) is 4.24. The van der Waals surface area contributed by atoms with Crippen molar-refractivity contribution in [1.29, 1.82) is 0 Å². The van der Waals surface area contributed by atoms with Crippen LogP contribution >= 0.6 is 0 Å². The third-order valence-electron chi connectivity index (χ3n) is 2.40. The van der Waals surface area contributed by atoms with Gasteiger partial charge in [0.1, 0.15) is 5.82 Å². The van der Waals surface area contributed by atoms with Gasteiger partial charge in [-0.2, -0.15) is 0 Å². The van der Waals surface area contributed by atoms with Gasteiger partial charge in [0.2, 0.25) is 0 Å². The van der Waals surface area contributed by atoms with Crippen molar-refractivity contribution in [3.8, 4) is 11.3 Å². The van der Waals surface area contributed by atoms with Gasteiger partial charge in [0.15, 0.2) is 0 Å². The van der Waals surface area contributed by atoms with Crippen LogP contribution in [0.4, 0.5) is 4.39 Å². The van der Waals surface area contributed by atoms with Gasteiger partial charge in [-0.3, -0.25) is 4.98 Å². The molecule has 0 aliphatic rings. The van der Waals surface area contributed by atoms with Crippen LogP contribution in [0.3, 0.4) is 0 Å². The maximum absolute atomic E-state index is 13.4. The van der Waals surface area contributed by atoms with Gasteiger partial charge >= 0.3 is 0 Å². The summed E-state index contributed by atoms with van der Waals surface area (Å²) in [6.07, 6.45) is 1.74. The zero-order valence-corrected chi connectivity index (χ0v) is 8.79. The Labute approximate surface area is 88.6 Å². The Hall–Kier alpha value is -1.70. The van der Waals surface area contributed by atoms with Crippen LogP contribution in [0.1, 0.15) is 11.1 Å². The van der Waals surface area contributed by atoms with Crippen molar-refractivity contribution in [1.82, 2.24) is 4.98 Å². The summed E-state index contributed by atoms with van der Waals surface area (Å²) in [5.41, 5.74) is 3.17. The SMILES string of the molecule is Cc1cc(-c2ccccn2)cc(C)c1F. The highest BCUT2D eigenvalue weighted by atomic mass is 19.1. The molecular weight excluding hydrogens is 189 g/mol. The lowest BCUT2D eigenvalue weighted by Crippen LogP contribution is -1.90. The Balaban J connectivity index is 2.56. The Morgan fingerprint density at radius 1 is 1.07 bits per heavy atom. The number of aryl methyl sites for hydroxylation is 2. The molecule has 76 valence electrons. The van der Waals surface area contributed by atoms with Crippen molar-refractivity contribution in [3.05, 3.63) is 53.5 Å². The quantitative estimate of drug-likeness (QED) is 0.688. The van der Waals surface area contributed by atoms with Gasteiger partial charge < -0.3 is 0 Å². The van der Waals surface area contributed by atoms with Gasteiger partial charge in [-0.05, 0) is 49.2 Å². The zero-order valence-electron chi connectivity index (χ0n) is 8.79. The Morgan fingerprint density at radius 3 is 2.27 bits per heavy atom. The molecule has 0 unspecified atom stereocenters. The molecule has 0 spiro atoms. The molecule has 0 atom stereocenters. The summed E-state index contributed by atoms with van der Waals surface area (Å²) in [6, 6.07) is 9.37. The maximum atomic E-state index is 13.4. The molecule has 0 bridgehead atoms. The molecular formula is C13H12FN. The molecule has 1 nitrogen and oxygen atoms in total. The molecule has 0 N–H and O–H groups in total. The highest BCUT2D eigenvalue weighted by Crippen LogP contribution is 2.22. The summed E-state index contributed by atoms with van der Waals surface area (Å²) < 4.78 is 13.4. The summed E-state index contributed by atoms with van der Waals surface area (Å²) >= 11 is 0. The number of aromatic nitrogens is 1. The van der Waals surface area contributed by atoms with Gasteiger partial charge in [0.25, 0.3) is 0 Å². The molecule has 0 aliphatic heterocycles. The number of halogens is 1. The molecule has 0 saturated heterocycles. The van der Waals surface area contributed by atoms with Gasteiger partial charge in [-0.15, -0.1) is 0 Å². The molecule has 1 heterocycles. The number of benzene rings is 1. The number of nitrogens with zero attached hydrogens (tertiary/aromatic N) is 1. The first-order valence-corrected chi connectivity index (χ1v) is 4.86. The van der Waals surface area contributed by atoms with E-state index < -0.39 is 0 Å². The first-order valence-electron chi connectivity index (χ1n) is 4.86. The van der Waals surface area contributed by atoms with Crippen molar-refractivity contribution in [3.63, 3.8) is 0 Å². The lowest BCUT2D eigenvalue weighted by Gasteiger charge is -2.05. The van der Waals surface area contributed by atoms with E-state index in [9.17, 15) is 4.39 Å². The molecule has 0 fully saturated rings. The fraction of sp³-hybridized carbons (Fsp3) is 0.154. The van der Waals surface area contributed by atoms with Gasteiger partial charge in [0.05, 0.1) is 5.69 Å². The first-order chi connectivity index (χ1) is 7.18. The van der Waals surface area contributed by atoms with Crippen LogP contribution in [0.5, 0.6) is 0 Å². The topological polar surface area (TPSA) is 12.9 Å². The minimum atomic E-state index is -0.130. The van der Waals surface area contributed by atoms with Crippen molar-refractivity contribution < 1.29 is 4.39 Å².